The summed E-state index contributed by atoms with van der Waals surface area (Å²) in [7, 11) is -4.33. The predicted molar refractivity (Wildman–Crippen MR) is 189 cm³/mol. The normalized spacial score (nSPS) is 13.6. The molecular formula is C37H71NO5S. The molecule has 2 atom stereocenters. The molecular weight excluding hydrogens is 570 g/mol. The summed E-state index contributed by atoms with van der Waals surface area (Å²) in [6.07, 6.45) is 38.7. The van der Waals surface area contributed by atoms with Gasteiger partial charge in [0.25, 0.3) is 10.1 Å². The van der Waals surface area contributed by atoms with Crippen molar-refractivity contribution < 1.29 is 22.9 Å². The Labute approximate surface area is 273 Å². The summed E-state index contributed by atoms with van der Waals surface area (Å²) in [5.74, 6) is -0.982. The lowest BCUT2D eigenvalue weighted by Gasteiger charge is -2.21. The molecule has 0 bridgehead atoms. The number of carbonyl (C=O) groups excluding carboxylic acids is 1. The zero-order valence-electron chi connectivity index (χ0n) is 28.8. The van der Waals surface area contributed by atoms with Gasteiger partial charge in [-0.25, -0.2) is 0 Å². The highest BCUT2D eigenvalue weighted by Crippen LogP contribution is 2.13. The van der Waals surface area contributed by atoms with Crippen LogP contribution in [0.2, 0.25) is 0 Å². The number of carbonyl (C=O) groups is 1. The molecule has 6 nitrogen and oxygen atoms in total. The third kappa shape index (κ3) is 32.2. The minimum Gasteiger partial charge on any atom is -0.387 e. The first kappa shape index (κ1) is 42.8. The van der Waals surface area contributed by atoms with Crippen LogP contribution in [0.5, 0.6) is 0 Å². The Hall–Kier alpha value is -1.18. The maximum absolute atomic E-state index is 12.4. The van der Waals surface area contributed by atoms with Crippen molar-refractivity contribution in [3.63, 3.8) is 0 Å². The van der Waals surface area contributed by atoms with E-state index in [1.54, 1.807) is 6.08 Å². The van der Waals surface area contributed by atoms with Crippen LogP contribution in [-0.2, 0) is 14.9 Å². The van der Waals surface area contributed by atoms with E-state index in [9.17, 15) is 22.9 Å². The second-order valence-electron chi connectivity index (χ2n) is 12.9. The van der Waals surface area contributed by atoms with Gasteiger partial charge in [-0.15, -0.1) is 0 Å². The quantitative estimate of drug-likeness (QED) is 0.0376. The molecule has 2 unspecified atom stereocenters. The van der Waals surface area contributed by atoms with Crippen LogP contribution >= 0.6 is 0 Å². The summed E-state index contributed by atoms with van der Waals surface area (Å²) in [4.78, 5) is 12.4. The van der Waals surface area contributed by atoms with Gasteiger partial charge in [0.05, 0.1) is 17.9 Å². The third-order valence-corrected chi connectivity index (χ3v) is 9.15. The number of allylic oxidation sites excluding steroid dienone is 3. The van der Waals surface area contributed by atoms with E-state index in [1.807, 2.05) is 6.08 Å². The van der Waals surface area contributed by atoms with E-state index < -0.39 is 28.0 Å². The Morgan fingerprint density at radius 3 is 1.36 bits per heavy atom. The van der Waals surface area contributed by atoms with Gasteiger partial charge in [0.15, 0.2) is 0 Å². The molecule has 0 aromatic rings. The maximum atomic E-state index is 12.4. The Morgan fingerprint density at radius 2 is 0.955 bits per heavy atom. The molecule has 0 aromatic carbocycles. The summed E-state index contributed by atoms with van der Waals surface area (Å²) < 4.78 is 32.3. The average molecular weight is 642 g/mol. The van der Waals surface area contributed by atoms with Crippen LogP contribution in [-0.4, -0.2) is 41.9 Å². The van der Waals surface area contributed by atoms with Gasteiger partial charge in [-0.3, -0.25) is 9.35 Å². The molecule has 0 aliphatic carbocycles. The van der Waals surface area contributed by atoms with Gasteiger partial charge in [0.2, 0.25) is 5.91 Å². The molecule has 0 heterocycles. The summed E-state index contributed by atoms with van der Waals surface area (Å²) in [5.41, 5.74) is 0. The van der Waals surface area contributed by atoms with Crippen LogP contribution in [0, 0.1) is 0 Å². The van der Waals surface area contributed by atoms with Gasteiger partial charge >= 0.3 is 0 Å². The molecule has 44 heavy (non-hydrogen) atoms. The van der Waals surface area contributed by atoms with Crippen molar-refractivity contribution in [2.45, 2.75) is 199 Å². The Bertz CT molecular complexity index is 796. The fraction of sp³-hybridized carbons (Fsp3) is 0.865. The number of amides is 1. The molecule has 0 aliphatic heterocycles. The van der Waals surface area contributed by atoms with Crippen molar-refractivity contribution in [3.05, 3.63) is 24.3 Å². The second-order valence-corrected chi connectivity index (χ2v) is 14.4. The van der Waals surface area contributed by atoms with Crippen LogP contribution in [0.1, 0.15) is 187 Å². The predicted octanol–water partition coefficient (Wildman–Crippen LogP) is 10.4. The van der Waals surface area contributed by atoms with Crippen molar-refractivity contribution in [3.8, 4) is 0 Å². The molecule has 7 heteroatoms. The Kier molecular flexibility index (Phi) is 30.9. The standard InChI is InChI=1S/C37H71NO5S/c1-3-5-7-9-11-13-15-16-17-18-19-20-21-23-25-27-29-31-33-37(40)38-35(34-44(41,42)43)36(39)32-30-28-26-24-22-14-12-10-8-6-4-2/h17-18,30,32,35-36,39H,3-16,19-29,31,33-34H2,1-2H3,(H,38,40)(H,41,42,43)/b18-17-,32-30+. The lowest BCUT2D eigenvalue weighted by molar-refractivity contribution is -0.122. The number of aliphatic hydroxyl groups excluding tert-OH is 1. The Morgan fingerprint density at radius 1 is 0.591 bits per heavy atom. The topological polar surface area (TPSA) is 104 Å². The molecule has 1 amide bonds. The van der Waals surface area contributed by atoms with Gasteiger partial charge in [-0.2, -0.15) is 8.42 Å². The third-order valence-electron chi connectivity index (χ3n) is 8.37. The lowest BCUT2D eigenvalue weighted by Crippen LogP contribution is -2.46. The SMILES string of the molecule is CCCCCCCCC/C=C\CCCCCCCCCC(=O)NC(CS(=O)(=O)O)C(O)/C=C/CCCCCCCCCCC. The van der Waals surface area contributed by atoms with Crippen LogP contribution < -0.4 is 5.32 Å². The van der Waals surface area contributed by atoms with Crippen LogP contribution in [0.15, 0.2) is 24.3 Å². The molecule has 0 spiro atoms. The van der Waals surface area contributed by atoms with E-state index in [-0.39, 0.29) is 5.91 Å². The van der Waals surface area contributed by atoms with Crippen molar-refractivity contribution in [1.29, 1.82) is 0 Å². The monoisotopic (exact) mass is 642 g/mol. The fourth-order valence-corrected chi connectivity index (χ4v) is 6.30. The number of nitrogens with one attached hydrogen (secondary N) is 1. The van der Waals surface area contributed by atoms with E-state index >= 15 is 0 Å². The average Bonchev–Trinajstić information content (AvgIpc) is 2.98. The highest BCUT2D eigenvalue weighted by molar-refractivity contribution is 7.85. The molecule has 260 valence electrons. The molecule has 0 saturated carbocycles. The highest BCUT2D eigenvalue weighted by Gasteiger charge is 2.24. The summed E-state index contributed by atoms with van der Waals surface area (Å²) in [6, 6.07) is -1.05. The second kappa shape index (κ2) is 31.8. The highest BCUT2D eigenvalue weighted by atomic mass is 32.2. The smallest absolute Gasteiger partial charge is 0.267 e. The van der Waals surface area contributed by atoms with Crippen molar-refractivity contribution in [1.82, 2.24) is 5.32 Å². The van der Waals surface area contributed by atoms with E-state index in [2.05, 4.69) is 31.3 Å². The summed E-state index contributed by atoms with van der Waals surface area (Å²) in [6.45, 7) is 4.49. The number of aliphatic hydroxyl groups is 1. The van der Waals surface area contributed by atoms with E-state index in [1.165, 1.54) is 122 Å². The fourth-order valence-electron chi connectivity index (χ4n) is 5.56. The van der Waals surface area contributed by atoms with Crippen molar-refractivity contribution >= 4 is 16.0 Å². The zero-order chi connectivity index (χ0) is 32.6. The molecule has 0 aromatic heterocycles. The van der Waals surface area contributed by atoms with E-state index in [0.29, 0.717) is 6.42 Å². The molecule has 0 radical (unpaired) electrons. The van der Waals surface area contributed by atoms with Crippen LogP contribution in [0.3, 0.4) is 0 Å². The first-order chi connectivity index (χ1) is 21.3. The van der Waals surface area contributed by atoms with Crippen molar-refractivity contribution in [2.75, 3.05) is 5.75 Å². The van der Waals surface area contributed by atoms with Gasteiger partial charge in [0.1, 0.15) is 0 Å². The van der Waals surface area contributed by atoms with Gasteiger partial charge in [-0.05, 0) is 44.9 Å². The molecule has 0 fully saturated rings. The summed E-state index contributed by atoms with van der Waals surface area (Å²) >= 11 is 0. The minimum absolute atomic E-state index is 0.284. The number of hydrogen-bond acceptors (Lipinski definition) is 4. The van der Waals surface area contributed by atoms with Crippen molar-refractivity contribution in [2.24, 2.45) is 0 Å². The number of unbranched alkanes of at least 4 members (excludes halogenated alkanes) is 23. The molecule has 0 rings (SSSR count). The Balaban J connectivity index is 3.94. The first-order valence-electron chi connectivity index (χ1n) is 18.5. The number of rotatable bonds is 33. The van der Waals surface area contributed by atoms with Gasteiger partial charge < -0.3 is 10.4 Å². The molecule has 0 aliphatic rings. The van der Waals surface area contributed by atoms with Crippen LogP contribution in [0.4, 0.5) is 0 Å². The lowest BCUT2D eigenvalue weighted by atomic mass is 10.1. The molecule has 3 N–H and O–H groups in total. The largest absolute Gasteiger partial charge is 0.387 e. The van der Waals surface area contributed by atoms with E-state index in [4.69, 9.17) is 0 Å². The molecule has 0 saturated heterocycles. The first-order valence-corrected chi connectivity index (χ1v) is 20.1. The minimum atomic E-state index is -4.33. The zero-order valence-corrected chi connectivity index (χ0v) is 29.6. The van der Waals surface area contributed by atoms with E-state index in [0.717, 1.165) is 44.9 Å². The van der Waals surface area contributed by atoms with Gasteiger partial charge in [0, 0.05) is 6.42 Å². The maximum Gasteiger partial charge on any atom is 0.267 e. The van der Waals surface area contributed by atoms with Gasteiger partial charge in [-0.1, -0.05) is 160 Å². The number of hydrogen-bond donors (Lipinski definition) is 3. The summed E-state index contributed by atoms with van der Waals surface area (Å²) in [5, 5.41) is 13.1. The van der Waals surface area contributed by atoms with Crippen LogP contribution in [0.25, 0.3) is 0 Å².